The van der Waals surface area contributed by atoms with Crippen molar-refractivity contribution in [3.8, 4) is 0 Å². The van der Waals surface area contributed by atoms with Crippen LogP contribution in [-0.4, -0.2) is 46.7 Å². The molecule has 0 saturated carbocycles. The van der Waals surface area contributed by atoms with Crippen molar-refractivity contribution in [1.29, 1.82) is 0 Å². The van der Waals surface area contributed by atoms with Gasteiger partial charge in [0, 0.05) is 32.4 Å². The van der Waals surface area contributed by atoms with E-state index in [1.54, 1.807) is 23.0 Å². The molecule has 33 heavy (non-hydrogen) atoms. The zero-order valence-corrected chi connectivity index (χ0v) is 18.7. The summed E-state index contributed by atoms with van der Waals surface area (Å²) >= 11 is 6.59. The van der Waals surface area contributed by atoms with E-state index in [1.165, 1.54) is 0 Å². The summed E-state index contributed by atoms with van der Waals surface area (Å²) in [5, 5.41) is 11.2. The van der Waals surface area contributed by atoms with E-state index in [0.717, 1.165) is 43.1 Å². The Hall–Kier alpha value is -3.68. The minimum atomic E-state index is -0.282. The molecule has 1 aliphatic heterocycles. The fourth-order valence-electron chi connectivity index (χ4n) is 3.88. The maximum absolute atomic E-state index is 13.1. The van der Waals surface area contributed by atoms with Crippen molar-refractivity contribution in [2.75, 3.05) is 36.4 Å². The molecule has 0 aliphatic carbocycles. The van der Waals surface area contributed by atoms with Crippen LogP contribution in [0.5, 0.6) is 0 Å². The first-order valence-corrected chi connectivity index (χ1v) is 11.2. The molecule has 4 aromatic rings. The lowest BCUT2D eigenvalue weighted by molar-refractivity contribution is 0.102. The van der Waals surface area contributed by atoms with Crippen LogP contribution < -0.4 is 15.5 Å². The van der Waals surface area contributed by atoms with Gasteiger partial charge in [0.25, 0.3) is 5.91 Å². The van der Waals surface area contributed by atoms with E-state index in [2.05, 4.69) is 25.6 Å². The van der Waals surface area contributed by atoms with E-state index in [9.17, 15) is 4.79 Å². The van der Waals surface area contributed by atoms with Crippen LogP contribution in [0.1, 0.15) is 21.6 Å². The molecule has 166 valence electrons. The van der Waals surface area contributed by atoms with Gasteiger partial charge in [-0.3, -0.25) is 4.79 Å². The first-order valence-electron chi connectivity index (χ1n) is 10.8. The molecule has 7 nitrogen and oxygen atoms in total. The van der Waals surface area contributed by atoms with E-state index < -0.39 is 0 Å². The van der Waals surface area contributed by atoms with Crippen molar-refractivity contribution >= 4 is 45.6 Å². The number of carbonyl (C=O) groups is 1. The summed E-state index contributed by atoms with van der Waals surface area (Å²) in [6.07, 6.45) is 5.23. The predicted molar refractivity (Wildman–Crippen MR) is 133 cm³/mol. The molecule has 5 rings (SSSR count). The van der Waals surface area contributed by atoms with Crippen molar-refractivity contribution in [3.05, 3.63) is 89.9 Å². The zero-order valence-electron chi connectivity index (χ0n) is 17.9. The molecule has 8 heteroatoms. The number of halogens is 1. The topological polar surface area (TPSA) is 74.6 Å². The molecule has 2 N–H and O–H groups in total. The highest BCUT2D eigenvalue weighted by molar-refractivity contribution is 6.51. The molecule has 3 heterocycles. The Kier molecular flexibility index (Phi) is 6.06. The van der Waals surface area contributed by atoms with Gasteiger partial charge in [0.15, 0.2) is 5.65 Å². The van der Waals surface area contributed by atoms with Crippen LogP contribution >= 0.6 is 11.6 Å². The molecule has 0 spiro atoms. The number of aromatic nitrogens is 3. The fraction of sp³-hybridized carbons (Fsp3) is 0.160. The number of fused-ring (bicyclic) bond motifs is 1. The number of para-hydroxylation sites is 2. The average Bonchev–Trinajstić information content (AvgIpc) is 3.29. The largest absolute Gasteiger partial charge is 0.367 e. The molecular weight excluding hydrogens is 436 g/mol. The lowest BCUT2D eigenvalue weighted by Crippen LogP contribution is -2.43. The first-order chi connectivity index (χ1) is 16.2. The summed E-state index contributed by atoms with van der Waals surface area (Å²) in [7, 11) is 0. The Labute approximate surface area is 196 Å². The smallest absolute Gasteiger partial charge is 0.274 e. The fourth-order valence-corrected chi connectivity index (χ4v) is 4.14. The van der Waals surface area contributed by atoms with Gasteiger partial charge in [0.05, 0.1) is 28.2 Å². The number of amides is 1. The number of benzene rings is 2. The van der Waals surface area contributed by atoms with E-state index in [1.807, 2.05) is 60.7 Å². The SMILES string of the molecule is O=C(Nc1ccccc1N1CCNCC1)c1ccn2ncc(C(Cl)=Cc3ccccc3)c2n1. The number of rotatable bonds is 5. The number of carbonyl (C=O) groups excluding carboxylic acids is 1. The van der Waals surface area contributed by atoms with Gasteiger partial charge in [-0.15, -0.1) is 0 Å². The highest BCUT2D eigenvalue weighted by Crippen LogP contribution is 2.27. The molecule has 0 radical (unpaired) electrons. The molecule has 0 atom stereocenters. The van der Waals surface area contributed by atoms with Crippen molar-refractivity contribution in [3.63, 3.8) is 0 Å². The highest BCUT2D eigenvalue weighted by atomic mass is 35.5. The minimum absolute atomic E-state index is 0.282. The Morgan fingerprint density at radius 3 is 2.61 bits per heavy atom. The standard InChI is InChI=1S/C25H23ClN6O/c26-20(16-18-6-2-1-3-7-18)19-17-28-32-13-10-22(29-24(19)32)25(33)30-21-8-4-5-9-23(21)31-14-11-27-12-15-31/h1-10,13,16-17,27H,11-12,14-15H2,(H,30,33). The average molecular weight is 459 g/mol. The van der Waals surface area contributed by atoms with Crippen molar-refractivity contribution in [2.24, 2.45) is 0 Å². The Bertz CT molecular complexity index is 1310. The van der Waals surface area contributed by atoms with Crippen LogP contribution in [0, 0.1) is 0 Å². The number of nitrogens with one attached hydrogen (secondary N) is 2. The number of nitrogens with zero attached hydrogens (tertiary/aromatic N) is 4. The van der Waals surface area contributed by atoms with E-state index in [0.29, 0.717) is 21.9 Å². The second-order valence-electron chi connectivity index (χ2n) is 7.75. The predicted octanol–water partition coefficient (Wildman–Crippen LogP) is 4.13. The lowest BCUT2D eigenvalue weighted by atomic mass is 10.2. The molecule has 1 amide bonds. The van der Waals surface area contributed by atoms with Crippen molar-refractivity contribution < 1.29 is 4.79 Å². The quantitative estimate of drug-likeness (QED) is 0.470. The second-order valence-corrected chi connectivity index (χ2v) is 8.16. The summed E-state index contributed by atoms with van der Waals surface area (Å²) in [5.74, 6) is -0.282. The van der Waals surface area contributed by atoms with E-state index >= 15 is 0 Å². The van der Waals surface area contributed by atoms with Crippen molar-refractivity contribution in [2.45, 2.75) is 0 Å². The van der Waals surface area contributed by atoms with Gasteiger partial charge >= 0.3 is 0 Å². The summed E-state index contributed by atoms with van der Waals surface area (Å²) < 4.78 is 1.61. The van der Waals surface area contributed by atoms with Gasteiger partial charge in [-0.2, -0.15) is 5.10 Å². The third kappa shape index (κ3) is 4.60. The summed E-state index contributed by atoms with van der Waals surface area (Å²) in [5.41, 5.74) is 4.23. The normalized spacial score (nSPS) is 14.5. The van der Waals surface area contributed by atoms with Crippen LogP contribution in [-0.2, 0) is 0 Å². The summed E-state index contributed by atoms with van der Waals surface area (Å²) in [6.45, 7) is 3.62. The Balaban J connectivity index is 1.42. The molecule has 1 aliphatic rings. The second kappa shape index (κ2) is 9.44. The molecule has 2 aromatic heterocycles. The minimum Gasteiger partial charge on any atom is -0.367 e. The van der Waals surface area contributed by atoms with Crippen LogP contribution in [0.25, 0.3) is 16.8 Å². The molecular formula is C25H23ClN6O. The molecule has 2 aromatic carbocycles. The molecule has 0 unspecified atom stereocenters. The highest BCUT2D eigenvalue weighted by Gasteiger charge is 2.18. The van der Waals surface area contributed by atoms with Gasteiger partial charge < -0.3 is 15.5 Å². The third-order valence-electron chi connectivity index (χ3n) is 5.56. The number of hydrogen-bond acceptors (Lipinski definition) is 5. The van der Waals surface area contributed by atoms with Crippen molar-refractivity contribution in [1.82, 2.24) is 19.9 Å². The summed E-state index contributed by atoms with van der Waals surface area (Å²) in [4.78, 5) is 20.0. The lowest BCUT2D eigenvalue weighted by Gasteiger charge is -2.31. The van der Waals surface area contributed by atoms with Gasteiger partial charge in [-0.25, -0.2) is 9.50 Å². The maximum Gasteiger partial charge on any atom is 0.274 e. The van der Waals surface area contributed by atoms with E-state index in [4.69, 9.17) is 11.6 Å². The Morgan fingerprint density at radius 1 is 1.03 bits per heavy atom. The van der Waals surface area contributed by atoms with Gasteiger partial charge in [0.2, 0.25) is 0 Å². The van der Waals surface area contributed by atoms with Crippen LogP contribution in [0.15, 0.2) is 73.1 Å². The van der Waals surface area contributed by atoms with Gasteiger partial charge in [-0.05, 0) is 29.8 Å². The van der Waals surface area contributed by atoms with Gasteiger partial charge in [0.1, 0.15) is 5.69 Å². The third-order valence-corrected chi connectivity index (χ3v) is 5.87. The number of anilines is 2. The first kappa shape index (κ1) is 21.2. The van der Waals surface area contributed by atoms with Crippen LogP contribution in [0.3, 0.4) is 0 Å². The van der Waals surface area contributed by atoms with Crippen LogP contribution in [0.2, 0.25) is 0 Å². The van der Waals surface area contributed by atoms with E-state index in [-0.39, 0.29) is 5.91 Å². The number of hydrogen-bond donors (Lipinski definition) is 2. The van der Waals surface area contributed by atoms with Gasteiger partial charge in [-0.1, -0.05) is 54.1 Å². The molecule has 1 saturated heterocycles. The Morgan fingerprint density at radius 2 is 1.79 bits per heavy atom. The van der Waals surface area contributed by atoms with Crippen LogP contribution in [0.4, 0.5) is 11.4 Å². The maximum atomic E-state index is 13.1. The zero-order chi connectivity index (χ0) is 22.6. The molecule has 0 bridgehead atoms. The summed E-state index contributed by atoms with van der Waals surface area (Å²) in [6, 6.07) is 19.3. The molecule has 1 fully saturated rings. The number of piperazine rings is 1. The monoisotopic (exact) mass is 458 g/mol.